The molecule has 0 heterocycles. The standard InChI is InChI=1S/C17H29P/c1-2-7-18(16-10-12-3-5-14(16)8-12)17-11-13-4-6-15(17)9-13/h12-17H,2-11H2,1H3. The highest BCUT2D eigenvalue weighted by atomic mass is 31.1. The SMILES string of the molecule is CCCP(C1CC2CCC1C2)C1CC2CCC1C2. The molecule has 0 radical (unpaired) electrons. The van der Waals surface area contributed by atoms with Crippen LogP contribution in [0.3, 0.4) is 0 Å². The summed E-state index contributed by atoms with van der Waals surface area (Å²) in [5, 5.41) is 0. The molecule has 4 fully saturated rings. The molecular weight excluding hydrogens is 235 g/mol. The summed E-state index contributed by atoms with van der Waals surface area (Å²) in [4.78, 5) is 0. The maximum Gasteiger partial charge on any atom is -0.0176 e. The first kappa shape index (κ1) is 12.2. The topological polar surface area (TPSA) is 0 Å². The molecule has 6 atom stereocenters. The van der Waals surface area contributed by atoms with Crippen molar-refractivity contribution in [2.45, 2.75) is 76.0 Å². The molecule has 0 aromatic heterocycles. The number of rotatable bonds is 4. The highest BCUT2D eigenvalue weighted by Gasteiger charge is 2.49. The monoisotopic (exact) mass is 264 g/mol. The van der Waals surface area contributed by atoms with E-state index >= 15 is 0 Å². The molecule has 102 valence electrons. The van der Waals surface area contributed by atoms with Crippen LogP contribution in [0.5, 0.6) is 0 Å². The summed E-state index contributed by atoms with van der Waals surface area (Å²) >= 11 is 0. The summed E-state index contributed by atoms with van der Waals surface area (Å²) in [7, 11) is 0.408. The van der Waals surface area contributed by atoms with Gasteiger partial charge >= 0.3 is 0 Å². The smallest absolute Gasteiger partial charge is 0.0176 e. The molecule has 0 aromatic rings. The lowest BCUT2D eigenvalue weighted by molar-refractivity contribution is 0.460. The Morgan fingerprint density at radius 1 is 0.778 bits per heavy atom. The third-order valence-electron chi connectivity index (χ3n) is 6.74. The molecule has 4 aliphatic rings. The third kappa shape index (κ3) is 1.90. The normalized spacial score (nSPS) is 51.2. The van der Waals surface area contributed by atoms with Crippen LogP contribution < -0.4 is 0 Å². The fourth-order valence-corrected chi connectivity index (χ4v) is 10.5. The van der Waals surface area contributed by atoms with Gasteiger partial charge < -0.3 is 0 Å². The molecule has 6 unspecified atom stereocenters. The van der Waals surface area contributed by atoms with Crippen molar-refractivity contribution >= 4 is 7.92 Å². The van der Waals surface area contributed by atoms with Crippen LogP contribution in [0.2, 0.25) is 0 Å². The summed E-state index contributed by atoms with van der Waals surface area (Å²) in [5.41, 5.74) is 2.45. The van der Waals surface area contributed by atoms with Crippen molar-refractivity contribution in [3.8, 4) is 0 Å². The summed E-state index contributed by atoms with van der Waals surface area (Å²) in [6, 6.07) is 0. The number of hydrogen-bond donors (Lipinski definition) is 0. The van der Waals surface area contributed by atoms with E-state index in [-0.39, 0.29) is 0 Å². The Hall–Kier alpha value is 0.430. The Morgan fingerprint density at radius 3 is 1.67 bits per heavy atom. The van der Waals surface area contributed by atoms with Gasteiger partial charge in [0.2, 0.25) is 0 Å². The lowest BCUT2D eigenvalue weighted by Gasteiger charge is -2.39. The molecular formula is C17H29P. The third-order valence-corrected chi connectivity index (χ3v) is 10.7. The number of hydrogen-bond acceptors (Lipinski definition) is 0. The van der Waals surface area contributed by atoms with E-state index in [1.165, 1.54) is 41.4 Å². The van der Waals surface area contributed by atoms with Crippen LogP contribution in [0.25, 0.3) is 0 Å². The van der Waals surface area contributed by atoms with E-state index in [1.807, 2.05) is 0 Å². The molecule has 0 saturated heterocycles. The van der Waals surface area contributed by atoms with Crippen LogP contribution in [0.1, 0.15) is 64.7 Å². The van der Waals surface area contributed by atoms with Crippen LogP contribution in [-0.4, -0.2) is 17.5 Å². The minimum Gasteiger partial charge on any atom is -0.0998 e. The molecule has 0 aliphatic heterocycles. The zero-order valence-corrected chi connectivity index (χ0v) is 12.9. The van der Waals surface area contributed by atoms with Gasteiger partial charge in [0.15, 0.2) is 0 Å². The Labute approximate surface area is 114 Å². The van der Waals surface area contributed by atoms with Crippen molar-refractivity contribution in [3.63, 3.8) is 0 Å². The van der Waals surface area contributed by atoms with Crippen molar-refractivity contribution in [2.24, 2.45) is 23.7 Å². The number of fused-ring (bicyclic) bond motifs is 4. The Bertz CT molecular complexity index is 285. The molecule has 18 heavy (non-hydrogen) atoms. The molecule has 4 rings (SSSR count). The minimum atomic E-state index is 0.408. The predicted molar refractivity (Wildman–Crippen MR) is 80.6 cm³/mol. The predicted octanol–water partition coefficient (Wildman–Crippen LogP) is 5.26. The highest BCUT2D eigenvalue weighted by molar-refractivity contribution is 7.59. The van der Waals surface area contributed by atoms with Gasteiger partial charge in [0.25, 0.3) is 0 Å². The Balaban J connectivity index is 1.51. The van der Waals surface area contributed by atoms with Crippen molar-refractivity contribution < 1.29 is 0 Å². The van der Waals surface area contributed by atoms with Gasteiger partial charge in [0, 0.05) is 0 Å². The zero-order chi connectivity index (χ0) is 12.1. The maximum atomic E-state index is 2.44. The summed E-state index contributed by atoms with van der Waals surface area (Å²) in [5.74, 6) is 4.71. The van der Waals surface area contributed by atoms with Gasteiger partial charge in [-0.05, 0) is 79.7 Å². The molecule has 1 heteroatoms. The second kappa shape index (κ2) is 4.76. The molecule has 4 bridgehead atoms. The lowest BCUT2D eigenvalue weighted by Crippen LogP contribution is -2.26. The van der Waals surface area contributed by atoms with Gasteiger partial charge in [-0.25, -0.2) is 0 Å². The highest BCUT2D eigenvalue weighted by Crippen LogP contribution is 2.67. The van der Waals surface area contributed by atoms with Gasteiger partial charge in [-0.15, -0.1) is 0 Å². The van der Waals surface area contributed by atoms with Gasteiger partial charge in [-0.2, -0.15) is 0 Å². The van der Waals surface area contributed by atoms with Crippen molar-refractivity contribution in [1.29, 1.82) is 0 Å². The first-order valence-electron chi connectivity index (χ1n) is 8.61. The molecule has 0 spiro atoms. The summed E-state index contributed by atoms with van der Waals surface area (Å²) in [6.45, 7) is 2.44. The second-order valence-corrected chi connectivity index (χ2v) is 10.5. The van der Waals surface area contributed by atoms with E-state index in [0.717, 1.165) is 0 Å². The van der Waals surface area contributed by atoms with Gasteiger partial charge in [0.1, 0.15) is 0 Å². The fourth-order valence-electron chi connectivity index (χ4n) is 6.07. The lowest BCUT2D eigenvalue weighted by atomic mass is 9.99. The van der Waals surface area contributed by atoms with E-state index in [9.17, 15) is 0 Å². The van der Waals surface area contributed by atoms with Gasteiger partial charge in [-0.3, -0.25) is 0 Å². The molecule has 0 amide bonds. The van der Waals surface area contributed by atoms with E-state index in [1.54, 1.807) is 57.5 Å². The molecule has 4 aliphatic carbocycles. The summed E-state index contributed by atoms with van der Waals surface area (Å²) < 4.78 is 0. The van der Waals surface area contributed by atoms with Crippen LogP contribution in [0.4, 0.5) is 0 Å². The van der Waals surface area contributed by atoms with Crippen molar-refractivity contribution in [3.05, 3.63) is 0 Å². The van der Waals surface area contributed by atoms with E-state index in [0.29, 0.717) is 7.92 Å². The van der Waals surface area contributed by atoms with Crippen LogP contribution >= 0.6 is 7.92 Å². The van der Waals surface area contributed by atoms with Crippen LogP contribution in [0.15, 0.2) is 0 Å². The van der Waals surface area contributed by atoms with Gasteiger partial charge in [0.05, 0.1) is 0 Å². The van der Waals surface area contributed by atoms with Crippen molar-refractivity contribution in [1.82, 2.24) is 0 Å². The fraction of sp³-hybridized carbons (Fsp3) is 1.00. The largest absolute Gasteiger partial charge is 0.0998 e. The van der Waals surface area contributed by atoms with E-state index < -0.39 is 0 Å². The zero-order valence-electron chi connectivity index (χ0n) is 12.0. The average molecular weight is 264 g/mol. The van der Waals surface area contributed by atoms with E-state index in [4.69, 9.17) is 0 Å². The quantitative estimate of drug-likeness (QED) is 0.608. The van der Waals surface area contributed by atoms with Gasteiger partial charge in [-0.1, -0.05) is 34.1 Å². The Kier molecular flexibility index (Phi) is 3.23. The molecule has 0 nitrogen and oxygen atoms in total. The molecule has 0 aromatic carbocycles. The molecule has 0 N–H and O–H groups in total. The minimum absolute atomic E-state index is 0.408. The Morgan fingerprint density at radius 2 is 1.33 bits per heavy atom. The van der Waals surface area contributed by atoms with Crippen LogP contribution in [-0.2, 0) is 0 Å². The summed E-state index contributed by atoms with van der Waals surface area (Å²) in [6.07, 6.45) is 16.1. The van der Waals surface area contributed by atoms with Crippen LogP contribution in [0, 0.1) is 23.7 Å². The first-order valence-corrected chi connectivity index (χ1v) is 10.3. The maximum absolute atomic E-state index is 2.44. The van der Waals surface area contributed by atoms with Crippen molar-refractivity contribution in [2.75, 3.05) is 6.16 Å². The first-order chi connectivity index (χ1) is 8.85. The van der Waals surface area contributed by atoms with E-state index in [2.05, 4.69) is 6.92 Å². The average Bonchev–Trinajstić information content (AvgIpc) is 3.13. The molecule has 4 saturated carbocycles. The second-order valence-electron chi connectivity index (χ2n) is 7.72.